The fraction of sp³-hybridized carbons (Fsp3) is 0.375. The first-order valence-corrected chi connectivity index (χ1v) is 7.34. The van der Waals surface area contributed by atoms with Gasteiger partial charge in [-0.2, -0.15) is 0 Å². The molecule has 0 aliphatic rings. The number of benzene rings is 1. The highest BCUT2D eigenvalue weighted by Crippen LogP contribution is 2.39. The van der Waals surface area contributed by atoms with E-state index in [-0.39, 0.29) is 6.04 Å². The molecule has 1 unspecified atom stereocenters. The van der Waals surface area contributed by atoms with Gasteiger partial charge < -0.3 is 14.5 Å². The Kier molecular flexibility index (Phi) is 4.55. The van der Waals surface area contributed by atoms with Gasteiger partial charge in [0.15, 0.2) is 0 Å². The Balaban J connectivity index is 2.65. The van der Waals surface area contributed by atoms with Gasteiger partial charge in [0.2, 0.25) is 0 Å². The molecule has 0 amide bonds. The number of rotatable bonds is 4. The third-order valence-corrected chi connectivity index (χ3v) is 4.40. The number of ether oxygens (including phenoxy) is 1. The van der Waals surface area contributed by atoms with Crippen LogP contribution in [0.25, 0.3) is 0 Å². The summed E-state index contributed by atoms with van der Waals surface area (Å²) in [6, 6.07) is 4.18. The Labute approximate surface area is 128 Å². The molecule has 2 aromatic rings. The maximum Gasteiger partial charge on any atom is 0.127 e. The van der Waals surface area contributed by atoms with Gasteiger partial charge >= 0.3 is 0 Å². The molecule has 2 rings (SSSR count). The van der Waals surface area contributed by atoms with Crippen molar-refractivity contribution in [3.63, 3.8) is 0 Å². The Bertz CT molecular complexity index is 619. The van der Waals surface area contributed by atoms with Crippen LogP contribution in [0.2, 0.25) is 0 Å². The van der Waals surface area contributed by atoms with E-state index in [2.05, 4.69) is 47.2 Å². The standard InChI is InChI=1S/C16H20BrNO2/c1-9-6-13(17)11(3)14(16(9)19-5)15(18-4)12-7-10(2)20-8-12/h6-8,15,18H,1-5H3. The monoisotopic (exact) mass is 337 g/mol. The van der Waals surface area contributed by atoms with Gasteiger partial charge in [0.1, 0.15) is 11.5 Å². The second-order valence-corrected chi connectivity index (χ2v) is 5.81. The summed E-state index contributed by atoms with van der Waals surface area (Å²) in [5.41, 5.74) is 4.53. The van der Waals surface area contributed by atoms with E-state index in [1.54, 1.807) is 13.4 Å². The van der Waals surface area contributed by atoms with Crippen molar-refractivity contribution in [2.45, 2.75) is 26.8 Å². The third kappa shape index (κ3) is 2.63. The first-order chi connectivity index (χ1) is 9.49. The van der Waals surface area contributed by atoms with Crippen LogP contribution in [0.4, 0.5) is 0 Å². The average molecular weight is 338 g/mol. The van der Waals surface area contributed by atoms with E-state index in [9.17, 15) is 0 Å². The van der Waals surface area contributed by atoms with Crippen molar-refractivity contribution in [1.29, 1.82) is 0 Å². The number of methoxy groups -OCH3 is 1. The molecule has 108 valence electrons. The number of nitrogens with one attached hydrogen (secondary N) is 1. The van der Waals surface area contributed by atoms with Crippen LogP contribution in [0.15, 0.2) is 27.3 Å². The summed E-state index contributed by atoms with van der Waals surface area (Å²) in [7, 11) is 3.66. The third-order valence-electron chi connectivity index (χ3n) is 3.57. The molecule has 3 nitrogen and oxygen atoms in total. The molecule has 0 aliphatic heterocycles. The van der Waals surface area contributed by atoms with Crippen LogP contribution in [-0.4, -0.2) is 14.2 Å². The van der Waals surface area contributed by atoms with Crippen molar-refractivity contribution in [2.24, 2.45) is 0 Å². The summed E-state index contributed by atoms with van der Waals surface area (Å²) < 4.78 is 12.2. The van der Waals surface area contributed by atoms with Crippen LogP contribution in [0.5, 0.6) is 5.75 Å². The number of aryl methyl sites for hydroxylation is 2. The molecule has 1 aromatic carbocycles. The molecule has 0 spiro atoms. The van der Waals surface area contributed by atoms with E-state index in [0.29, 0.717) is 0 Å². The van der Waals surface area contributed by atoms with Crippen molar-refractivity contribution < 1.29 is 9.15 Å². The van der Waals surface area contributed by atoms with Crippen LogP contribution in [-0.2, 0) is 0 Å². The maximum absolute atomic E-state index is 5.63. The van der Waals surface area contributed by atoms with Gasteiger partial charge in [-0.05, 0) is 51.1 Å². The van der Waals surface area contributed by atoms with Crippen LogP contribution < -0.4 is 10.1 Å². The predicted molar refractivity (Wildman–Crippen MR) is 84.5 cm³/mol. The minimum atomic E-state index is 0.0404. The molecule has 1 aromatic heterocycles. The van der Waals surface area contributed by atoms with E-state index >= 15 is 0 Å². The Morgan fingerprint density at radius 2 is 1.95 bits per heavy atom. The molecular formula is C16H20BrNO2. The van der Waals surface area contributed by atoms with Crippen molar-refractivity contribution in [3.8, 4) is 5.75 Å². The fourth-order valence-corrected chi connectivity index (χ4v) is 3.14. The molecule has 1 atom stereocenters. The topological polar surface area (TPSA) is 34.4 Å². The van der Waals surface area contributed by atoms with Gasteiger partial charge in [-0.3, -0.25) is 0 Å². The first kappa shape index (κ1) is 15.1. The van der Waals surface area contributed by atoms with E-state index in [0.717, 1.165) is 32.7 Å². The molecule has 20 heavy (non-hydrogen) atoms. The van der Waals surface area contributed by atoms with Crippen molar-refractivity contribution >= 4 is 15.9 Å². The maximum atomic E-state index is 5.63. The van der Waals surface area contributed by atoms with Gasteiger partial charge in [0.25, 0.3) is 0 Å². The minimum Gasteiger partial charge on any atom is -0.496 e. The lowest BCUT2D eigenvalue weighted by Crippen LogP contribution is -2.19. The zero-order valence-corrected chi connectivity index (χ0v) is 14.1. The second-order valence-electron chi connectivity index (χ2n) is 4.96. The molecule has 0 aliphatic carbocycles. The molecule has 0 fully saturated rings. The molecular weight excluding hydrogens is 318 g/mol. The largest absolute Gasteiger partial charge is 0.496 e. The lowest BCUT2D eigenvalue weighted by molar-refractivity contribution is 0.401. The molecule has 4 heteroatoms. The quantitative estimate of drug-likeness (QED) is 0.903. The van der Waals surface area contributed by atoms with Crippen LogP contribution >= 0.6 is 15.9 Å². The number of halogens is 1. The highest BCUT2D eigenvalue weighted by molar-refractivity contribution is 9.10. The predicted octanol–water partition coefficient (Wildman–Crippen LogP) is 4.28. The zero-order valence-electron chi connectivity index (χ0n) is 12.5. The number of hydrogen-bond donors (Lipinski definition) is 1. The molecule has 1 N–H and O–H groups in total. The lowest BCUT2D eigenvalue weighted by atomic mass is 9.93. The highest BCUT2D eigenvalue weighted by atomic mass is 79.9. The molecule has 0 saturated carbocycles. The number of hydrogen-bond acceptors (Lipinski definition) is 3. The van der Waals surface area contributed by atoms with Crippen molar-refractivity contribution in [1.82, 2.24) is 5.32 Å². The highest BCUT2D eigenvalue weighted by Gasteiger charge is 2.23. The van der Waals surface area contributed by atoms with Gasteiger partial charge in [-0.15, -0.1) is 0 Å². The van der Waals surface area contributed by atoms with Crippen LogP contribution in [0.1, 0.15) is 34.1 Å². The summed E-state index contributed by atoms with van der Waals surface area (Å²) in [4.78, 5) is 0. The van der Waals surface area contributed by atoms with Gasteiger partial charge in [0.05, 0.1) is 19.4 Å². The van der Waals surface area contributed by atoms with Crippen molar-refractivity contribution in [2.75, 3.05) is 14.2 Å². The van der Waals surface area contributed by atoms with Crippen LogP contribution in [0.3, 0.4) is 0 Å². The molecule has 1 heterocycles. The fourth-order valence-electron chi connectivity index (χ4n) is 2.59. The molecule has 0 bridgehead atoms. The summed E-state index contributed by atoms with van der Waals surface area (Å²) in [6.45, 7) is 6.10. The zero-order chi connectivity index (χ0) is 14.9. The van der Waals surface area contributed by atoms with Gasteiger partial charge in [0, 0.05) is 15.6 Å². The smallest absolute Gasteiger partial charge is 0.127 e. The summed E-state index contributed by atoms with van der Waals surface area (Å²) >= 11 is 3.63. The Hall–Kier alpha value is -1.26. The molecule has 0 saturated heterocycles. The second kappa shape index (κ2) is 6.02. The lowest BCUT2D eigenvalue weighted by Gasteiger charge is -2.23. The van der Waals surface area contributed by atoms with Crippen LogP contribution in [0, 0.1) is 20.8 Å². The Morgan fingerprint density at radius 1 is 1.25 bits per heavy atom. The van der Waals surface area contributed by atoms with Gasteiger partial charge in [-0.25, -0.2) is 0 Å². The van der Waals surface area contributed by atoms with Gasteiger partial charge in [-0.1, -0.05) is 15.9 Å². The van der Waals surface area contributed by atoms with Crippen molar-refractivity contribution in [3.05, 3.63) is 50.9 Å². The summed E-state index contributed by atoms with van der Waals surface area (Å²) in [5, 5.41) is 3.36. The Morgan fingerprint density at radius 3 is 2.45 bits per heavy atom. The summed E-state index contributed by atoms with van der Waals surface area (Å²) in [6.07, 6.45) is 1.80. The van der Waals surface area contributed by atoms with E-state index < -0.39 is 0 Å². The van der Waals surface area contributed by atoms with E-state index in [4.69, 9.17) is 9.15 Å². The average Bonchev–Trinajstić information content (AvgIpc) is 2.83. The first-order valence-electron chi connectivity index (χ1n) is 6.55. The SMILES string of the molecule is CNC(c1coc(C)c1)c1c(C)c(Br)cc(C)c1OC. The normalized spacial score (nSPS) is 12.5. The molecule has 0 radical (unpaired) electrons. The van der Waals surface area contributed by atoms with E-state index in [1.165, 1.54) is 5.56 Å². The minimum absolute atomic E-state index is 0.0404. The number of furan rings is 1. The summed E-state index contributed by atoms with van der Waals surface area (Å²) in [5.74, 6) is 1.83. The van der Waals surface area contributed by atoms with E-state index in [1.807, 2.05) is 14.0 Å².